The van der Waals surface area contributed by atoms with Crippen molar-refractivity contribution in [3.63, 3.8) is 0 Å². The van der Waals surface area contributed by atoms with Crippen molar-refractivity contribution < 1.29 is 9.53 Å². The Balaban J connectivity index is 1.33. The first-order valence-corrected chi connectivity index (χ1v) is 10.1. The van der Waals surface area contributed by atoms with E-state index in [9.17, 15) is 4.79 Å². The number of nitrogens with zero attached hydrogens (tertiary/aromatic N) is 4. The fourth-order valence-corrected chi connectivity index (χ4v) is 3.56. The number of methoxy groups -OCH3 is 1. The van der Waals surface area contributed by atoms with Gasteiger partial charge in [0, 0.05) is 43.2 Å². The van der Waals surface area contributed by atoms with E-state index < -0.39 is 0 Å². The Labute approximate surface area is 181 Å². The van der Waals surface area contributed by atoms with Crippen LogP contribution in [0.4, 0.5) is 17.1 Å². The normalized spacial score (nSPS) is 13.4. The van der Waals surface area contributed by atoms with Crippen LogP contribution in [0.25, 0.3) is 0 Å². The van der Waals surface area contributed by atoms with Gasteiger partial charge in [0.25, 0.3) is 5.91 Å². The molecule has 2 aromatic carbocycles. The fraction of sp³-hybridized carbons (Fsp3) is 0.208. The van der Waals surface area contributed by atoms with Gasteiger partial charge in [-0.3, -0.25) is 4.79 Å². The maximum atomic E-state index is 12.4. The van der Waals surface area contributed by atoms with Crippen LogP contribution in [0.1, 0.15) is 16.1 Å². The van der Waals surface area contributed by atoms with Crippen LogP contribution in [0.2, 0.25) is 0 Å². The molecule has 1 amide bonds. The van der Waals surface area contributed by atoms with Gasteiger partial charge in [-0.2, -0.15) is 5.26 Å². The number of ether oxygens (including phenoxy) is 1. The van der Waals surface area contributed by atoms with E-state index in [1.807, 2.05) is 48.5 Å². The molecule has 0 saturated carbocycles. The molecule has 0 spiro atoms. The summed E-state index contributed by atoms with van der Waals surface area (Å²) in [5.74, 6) is 0.353. The molecule has 1 N–H and O–H groups in total. The largest absolute Gasteiger partial charge is 0.495 e. The highest BCUT2D eigenvalue weighted by atomic mass is 16.5. The smallest absolute Gasteiger partial charge is 0.274 e. The molecular formula is C24H23N5O2. The molecule has 156 valence electrons. The van der Waals surface area contributed by atoms with Crippen molar-refractivity contribution in [3.8, 4) is 11.8 Å². The third kappa shape index (κ3) is 4.75. The van der Waals surface area contributed by atoms with Gasteiger partial charge in [-0.05, 0) is 60.7 Å². The first kappa shape index (κ1) is 20.2. The Morgan fingerprint density at radius 1 is 0.935 bits per heavy atom. The number of nitriles is 1. The van der Waals surface area contributed by atoms with Gasteiger partial charge in [0.1, 0.15) is 11.4 Å². The SMILES string of the molecule is COc1ccc(C(=O)Nc2ccc(N3CCN(c4ccc(C#N)cc4)CC3)cc2)nc1. The zero-order valence-electron chi connectivity index (χ0n) is 17.3. The molecule has 0 radical (unpaired) electrons. The number of hydrogen-bond donors (Lipinski definition) is 1. The number of aromatic nitrogens is 1. The van der Waals surface area contributed by atoms with Gasteiger partial charge < -0.3 is 19.9 Å². The fourth-order valence-electron chi connectivity index (χ4n) is 3.56. The van der Waals surface area contributed by atoms with Crippen LogP contribution in [-0.4, -0.2) is 44.2 Å². The van der Waals surface area contributed by atoms with Crippen LogP contribution in [0.15, 0.2) is 66.9 Å². The van der Waals surface area contributed by atoms with Gasteiger partial charge >= 0.3 is 0 Å². The van der Waals surface area contributed by atoms with E-state index in [0.29, 0.717) is 17.0 Å². The number of piperazine rings is 1. The molecular weight excluding hydrogens is 390 g/mol. The summed E-state index contributed by atoms with van der Waals surface area (Å²) >= 11 is 0. The molecule has 1 fully saturated rings. The van der Waals surface area contributed by atoms with E-state index in [-0.39, 0.29) is 5.91 Å². The minimum atomic E-state index is -0.258. The van der Waals surface area contributed by atoms with Gasteiger partial charge in [0.05, 0.1) is 24.9 Å². The summed E-state index contributed by atoms with van der Waals surface area (Å²) in [4.78, 5) is 21.1. The van der Waals surface area contributed by atoms with Crippen molar-refractivity contribution in [1.82, 2.24) is 4.98 Å². The van der Waals surface area contributed by atoms with Crippen molar-refractivity contribution in [2.45, 2.75) is 0 Å². The molecule has 0 bridgehead atoms. The molecule has 2 heterocycles. The molecule has 1 aromatic heterocycles. The van der Waals surface area contributed by atoms with Crippen molar-refractivity contribution in [3.05, 3.63) is 78.1 Å². The molecule has 3 aromatic rings. The molecule has 0 unspecified atom stereocenters. The number of pyridine rings is 1. The predicted octanol–water partition coefficient (Wildman–Crippen LogP) is 3.54. The van der Waals surface area contributed by atoms with Crippen LogP contribution in [0, 0.1) is 11.3 Å². The van der Waals surface area contributed by atoms with Crippen LogP contribution >= 0.6 is 0 Å². The maximum absolute atomic E-state index is 12.4. The summed E-state index contributed by atoms with van der Waals surface area (Å²) in [5, 5.41) is 11.8. The van der Waals surface area contributed by atoms with E-state index in [1.165, 1.54) is 6.20 Å². The number of rotatable bonds is 5. The number of nitrogens with one attached hydrogen (secondary N) is 1. The molecule has 1 aliphatic heterocycles. The van der Waals surface area contributed by atoms with E-state index in [4.69, 9.17) is 10.00 Å². The number of amides is 1. The van der Waals surface area contributed by atoms with Crippen LogP contribution in [0.3, 0.4) is 0 Å². The Bertz CT molecular complexity index is 1060. The third-order valence-electron chi connectivity index (χ3n) is 5.34. The van der Waals surface area contributed by atoms with E-state index in [0.717, 1.165) is 43.2 Å². The number of benzene rings is 2. The molecule has 1 aliphatic rings. The highest BCUT2D eigenvalue weighted by molar-refractivity contribution is 6.02. The Kier molecular flexibility index (Phi) is 5.99. The summed E-state index contributed by atoms with van der Waals surface area (Å²) in [6.45, 7) is 3.63. The van der Waals surface area contributed by atoms with Gasteiger partial charge in [0.15, 0.2) is 0 Å². The second kappa shape index (κ2) is 9.18. The Hall–Kier alpha value is -4.05. The molecule has 7 heteroatoms. The zero-order chi connectivity index (χ0) is 21.6. The zero-order valence-corrected chi connectivity index (χ0v) is 17.3. The molecule has 31 heavy (non-hydrogen) atoms. The monoisotopic (exact) mass is 413 g/mol. The standard InChI is InChI=1S/C24H23N5O2/c1-31-22-10-11-23(26-17-22)24(30)27-19-4-8-21(9-5-19)29-14-12-28(13-15-29)20-6-2-18(16-25)3-7-20/h2-11,17H,12-15H2,1H3,(H,27,30). The first-order chi connectivity index (χ1) is 15.2. The molecule has 0 aliphatic carbocycles. The van der Waals surface area contributed by atoms with Crippen LogP contribution in [0.5, 0.6) is 5.75 Å². The quantitative estimate of drug-likeness (QED) is 0.689. The lowest BCUT2D eigenvalue weighted by Crippen LogP contribution is -2.46. The van der Waals surface area contributed by atoms with Crippen molar-refractivity contribution in [1.29, 1.82) is 5.26 Å². The number of carbonyl (C=O) groups is 1. The number of carbonyl (C=O) groups excluding carboxylic acids is 1. The minimum absolute atomic E-state index is 0.258. The first-order valence-electron chi connectivity index (χ1n) is 10.1. The minimum Gasteiger partial charge on any atom is -0.495 e. The second-order valence-corrected chi connectivity index (χ2v) is 7.22. The van der Waals surface area contributed by atoms with Crippen molar-refractivity contribution >= 4 is 23.0 Å². The highest BCUT2D eigenvalue weighted by Gasteiger charge is 2.18. The van der Waals surface area contributed by atoms with Crippen molar-refractivity contribution in [2.75, 3.05) is 48.4 Å². The van der Waals surface area contributed by atoms with E-state index in [1.54, 1.807) is 19.2 Å². The van der Waals surface area contributed by atoms with Gasteiger partial charge in [-0.15, -0.1) is 0 Å². The lowest BCUT2D eigenvalue weighted by Gasteiger charge is -2.37. The summed E-state index contributed by atoms with van der Waals surface area (Å²) in [7, 11) is 1.56. The molecule has 0 atom stereocenters. The lowest BCUT2D eigenvalue weighted by atomic mass is 10.2. The van der Waals surface area contributed by atoms with Crippen LogP contribution in [-0.2, 0) is 0 Å². The average Bonchev–Trinajstić information content (AvgIpc) is 2.85. The predicted molar refractivity (Wildman–Crippen MR) is 121 cm³/mol. The third-order valence-corrected chi connectivity index (χ3v) is 5.34. The second-order valence-electron chi connectivity index (χ2n) is 7.22. The number of anilines is 3. The Morgan fingerprint density at radius 2 is 1.52 bits per heavy atom. The Morgan fingerprint density at radius 3 is 2.00 bits per heavy atom. The molecule has 7 nitrogen and oxygen atoms in total. The summed E-state index contributed by atoms with van der Waals surface area (Å²) in [6.07, 6.45) is 1.52. The number of hydrogen-bond acceptors (Lipinski definition) is 6. The molecule has 4 rings (SSSR count). The van der Waals surface area contributed by atoms with Crippen LogP contribution < -0.4 is 19.9 Å². The highest BCUT2D eigenvalue weighted by Crippen LogP contribution is 2.23. The molecule has 1 saturated heterocycles. The van der Waals surface area contributed by atoms with Gasteiger partial charge in [-0.25, -0.2) is 4.98 Å². The van der Waals surface area contributed by atoms with Gasteiger partial charge in [-0.1, -0.05) is 0 Å². The van der Waals surface area contributed by atoms with Gasteiger partial charge in [0.2, 0.25) is 0 Å². The summed E-state index contributed by atoms with van der Waals surface area (Å²) in [6, 6.07) is 21.1. The topological polar surface area (TPSA) is 81.5 Å². The van der Waals surface area contributed by atoms with E-state index >= 15 is 0 Å². The lowest BCUT2D eigenvalue weighted by molar-refractivity contribution is 0.102. The average molecular weight is 413 g/mol. The summed E-state index contributed by atoms with van der Waals surface area (Å²) < 4.78 is 5.07. The van der Waals surface area contributed by atoms with Crippen molar-refractivity contribution in [2.24, 2.45) is 0 Å². The maximum Gasteiger partial charge on any atom is 0.274 e. The summed E-state index contributed by atoms with van der Waals surface area (Å²) in [5.41, 5.74) is 4.01. The van der Waals surface area contributed by atoms with E-state index in [2.05, 4.69) is 26.2 Å².